The molecule has 0 radical (unpaired) electrons. The monoisotopic (exact) mass is 640 g/mol. The van der Waals surface area contributed by atoms with Crippen LogP contribution < -0.4 is 21.7 Å². The third kappa shape index (κ3) is 14.8. The number of primary amides is 1. The summed E-state index contributed by atoms with van der Waals surface area (Å²) in [6.07, 6.45) is 0.0982. The van der Waals surface area contributed by atoms with Gasteiger partial charge in [0.2, 0.25) is 23.6 Å². The number of unbranched alkanes of at least 4 members (excludes halogenated alkanes) is 1. The molecule has 0 aliphatic rings. The van der Waals surface area contributed by atoms with Crippen molar-refractivity contribution in [1.29, 1.82) is 0 Å². The number of hydrogen-bond donors (Lipinski definition) is 6. The molecule has 0 aliphatic carbocycles. The van der Waals surface area contributed by atoms with Gasteiger partial charge < -0.3 is 41.5 Å². The van der Waals surface area contributed by atoms with Gasteiger partial charge in [-0.05, 0) is 36.4 Å². The van der Waals surface area contributed by atoms with Crippen LogP contribution in [0.15, 0.2) is 53.6 Å². The number of benzene rings is 2. The second-order valence-corrected chi connectivity index (χ2v) is 10.2. The van der Waals surface area contributed by atoms with Gasteiger partial charge in [0.05, 0.1) is 12.8 Å². The zero-order valence-electron chi connectivity index (χ0n) is 25.4. The zero-order chi connectivity index (χ0) is 33.7. The lowest BCUT2D eigenvalue weighted by Gasteiger charge is -2.21. The number of rotatable bonds is 20. The van der Waals surface area contributed by atoms with Crippen molar-refractivity contribution in [3.05, 3.63) is 70.1 Å². The molecular weight excluding hydrogens is 600 g/mol. The Morgan fingerprint density at radius 1 is 0.957 bits per heavy atom. The fourth-order valence-electron chi connectivity index (χ4n) is 4.15. The molecule has 46 heavy (non-hydrogen) atoms. The molecule has 248 valence electrons. The lowest BCUT2D eigenvalue weighted by Crippen LogP contribution is -2.49. The Kier molecular flexibility index (Phi) is 16.3. The van der Waals surface area contributed by atoms with Crippen LogP contribution in [0.3, 0.4) is 0 Å². The van der Waals surface area contributed by atoms with E-state index in [-0.39, 0.29) is 68.6 Å². The quantitative estimate of drug-likeness (QED) is 0.0537. The first-order valence-electron chi connectivity index (χ1n) is 14.7. The summed E-state index contributed by atoms with van der Waals surface area (Å²) < 4.78 is 5.37. The van der Waals surface area contributed by atoms with Crippen molar-refractivity contribution in [2.45, 2.75) is 51.2 Å². The fraction of sp³-hybridized carbons (Fsp3) is 0.433. The summed E-state index contributed by atoms with van der Waals surface area (Å²) in [4.78, 5) is 65.6. The molecule has 16 heteroatoms. The first kappa shape index (κ1) is 36.7. The number of aromatic hydroxyl groups is 2. The van der Waals surface area contributed by atoms with E-state index in [0.29, 0.717) is 25.8 Å². The Bertz CT molecular complexity index is 1370. The molecule has 7 N–H and O–H groups in total. The number of carbonyl (C=O) groups excluding carboxylic acids is 5. The number of carbonyl (C=O) groups is 5. The van der Waals surface area contributed by atoms with E-state index in [1.54, 1.807) is 0 Å². The van der Waals surface area contributed by atoms with E-state index in [4.69, 9.17) is 16.0 Å². The smallest absolute Gasteiger partial charge is 0.410 e. The van der Waals surface area contributed by atoms with E-state index in [1.165, 1.54) is 17.0 Å². The summed E-state index contributed by atoms with van der Waals surface area (Å²) in [5.41, 5.74) is 14.7. The highest BCUT2D eigenvalue weighted by molar-refractivity contribution is 5.92. The highest BCUT2D eigenvalue weighted by Gasteiger charge is 2.23. The summed E-state index contributed by atoms with van der Waals surface area (Å²) in [7, 11) is 0. The first-order valence-corrected chi connectivity index (χ1v) is 14.7. The number of phenols is 2. The van der Waals surface area contributed by atoms with E-state index in [1.807, 2.05) is 30.3 Å². The Morgan fingerprint density at radius 3 is 2.35 bits per heavy atom. The van der Waals surface area contributed by atoms with Gasteiger partial charge in [-0.1, -0.05) is 41.5 Å². The summed E-state index contributed by atoms with van der Waals surface area (Å²) >= 11 is 0. The van der Waals surface area contributed by atoms with E-state index < -0.39 is 36.3 Å². The van der Waals surface area contributed by atoms with Crippen LogP contribution in [0.1, 0.15) is 43.2 Å². The van der Waals surface area contributed by atoms with Crippen LogP contribution in [0, 0.1) is 0 Å². The Morgan fingerprint density at radius 2 is 1.67 bits per heavy atom. The van der Waals surface area contributed by atoms with E-state index in [0.717, 1.165) is 11.6 Å². The lowest BCUT2D eigenvalue weighted by atomic mass is 10.1. The average molecular weight is 641 g/mol. The molecule has 0 fully saturated rings. The van der Waals surface area contributed by atoms with Gasteiger partial charge in [0.15, 0.2) is 0 Å². The van der Waals surface area contributed by atoms with Crippen LogP contribution >= 0.6 is 0 Å². The van der Waals surface area contributed by atoms with Crippen LogP contribution in [0.4, 0.5) is 4.79 Å². The summed E-state index contributed by atoms with van der Waals surface area (Å²) in [6.45, 7) is 1.13. The third-order valence-electron chi connectivity index (χ3n) is 6.52. The van der Waals surface area contributed by atoms with Crippen molar-refractivity contribution in [3.8, 4) is 11.5 Å². The van der Waals surface area contributed by atoms with Gasteiger partial charge in [-0.25, -0.2) is 4.79 Å². The predicted molar refractivity (Wildman–Crippen MR) is 166 cm³/mol. The van der Waals surface area contributed by atoms with Crippen molar-refractivity contribution >= 4 is 29.7 Å². The lowest BCUT2D eigenvalue weighted by molar-refractivity contribution is -0.131. The number of ether oxygens (including phenoxy) is 1. The van der Waals surface area contributed by atoms with Gasteiger partial charge in [-0.2, -0.15) is 0 Å². The second kappa shape index (κ2) is 20.5. The van der Waals surface area contributed by atoms with Crippen molar-refractivity contribution in [3.63, 3.8) is 0 Å². The number of nitrogens with two attached hydrogens (primary N) is 1. The van der Waals surface area contributed by atoms with Crippen molar-refractivity contribution in [1.82, 2.24) is 20.9 Å². The molecule has 2 aromatic rings. The molecule has 1 atom stereocenters. The number of phenolic OH excluding ortho intramolecular Hbond substituents is 2. The average Bonchev–Trinajstić information content (AvgIpc) is 3.02. The summed E-state index contributed by atoms with van der Waals surface area (Å²) in [6, 6.07) is 11.7. The molecule has 2 aromatic carbocycles. The SMILES string of the molecule is [N-]=[N+]=NCCCN(CCC(=O)NCCCCNC(=O)[C@H](CC(N)=O)NC(=O)Cc1ccc(O)cc1O)C(=O)OCc1ccccc1. The van der Waals surface area contributed by atoms with Crippen LogP contribution in [0.5, 0.6) is 11.5 Å². The van der Waals surface area contributed by atoms with Crippen LogP contribution in [0.2, 0.25) is 0 Å². The minimum Gasteiger partial charge on any atom is -0.508 e. The number of amides is 5. The second-order valence-electron chi connectivity index (χ2n) is 10.2. The van der Waals surface area contributed by atoms with Crippen LogP contribution in [-0.2, 0) is 36.9 Å². The predicted octanol–water partition coefficient (Wildman–Crippen LogP) is 1.74. The molecule has 0 bridgehead atoms. The summed E-state index contributed by atoms with van der Waals surface area (Å²) in [5.74, 6) is -2.81. The van der Waals surface area contributed by atoms with Crippen LogP contribution in [-0.4, -0.2) is 83.6 Å². The zero-order valence-corrected chi connectivity index (χ0v) is 25.4. The van der Waals surface area contributed by atoms with Gasteiger partial charge in [-0.15, -0.1) is 0 Å². The molecule has 5 amide bonds. The molecule has 0 unspecified atom stereocenters. The van der Waals surface area contributed by atoms with Gasteiger partial charge in [0, 0.05) is 55.7 Å². The normalized spacial score (nSPS) is 11.0. The molecule has 0 aromatic heterocycles. The molecule has 0 heterocycles. The van der Waals surface area contributed by atoms with E-state index in [2.05, 4.69) is 26.0 Å². The maximum Gasteiger partial charge on any atom is 0.410 e. The number of nitrogens with zero attached hydrogens (tertiary/aromatic N) is 4. The highest BCUT2D eigenvalue weighted by Crippen LogP contribution is 2.22. The Hall–Kier alpha value is -5.50. The largest absolute Gasteiger partial charge is 0.508 e. The molecular formula is C30H40N8O8. The Labute approximate surface area is 265 Å². The minimum absolute atomic E-state index is 0.0229. The van der Waals surface area contributed by atoms with Crippen LogP contribution in [0.25, 0.3) is 10.4 Å². The molecule has 0 spiro atoms. The highest BCUT2D eigenvalue weighted by atomic mass is 16.6. The van der Waals surface area contributed by atoms with E-state index in [9.17, 15) is 34.2 Å². The van der Waals surface area contributed by atoms with Crippen molar-refractivity contribution in [2.75, 3.05) is 32.7 Å². The fourth-order valence-corrected chi connectivity index (χ4v) is 4.15. The van der Waals surface area contributed by atoms with Gasteiger partial charge in [0.25, 0.3) is 0 Å². The standard InChI is InChI=1S/C30H40N8O8/c31-26(41)19-24(36-28(43)17-22-9-10-23(39)18-25(22)40)29(44)34-13-5-4-12-33-27(42)11-16-38(15-6-14-35-37-32)30(45)46-20-21-7-2-1-3-8-21/h1-3,7-10,18,24,39-40H,4-6,11-17,19-20H2,(H2,31,41)(H,33,42)(H,34,44)(H,36,43)/t24-/m0/s1. The van der Waals surface area contributed by atoms with Gasteiger partial charge in [0.1, 0.15) is 24.1 Å². The molecule has 16 nitrogen and oxygen atoms in total. The van der Waals surface area contributed by atoms with Crippen molar-refractivity contribution in [2.24, 2.45) is 10.8 Å². The topological polar surface area (TPSA) is 249 Å². The molecule has 0 aliphatic heterocycles. The van der Waals surface area contributed by atoms with Gasteiger partial charge in [-0.3, -0.25) is 19.2 Å². The molecule has 0 saturated heterocycles. The molecule has 2 rings (SSSR count). The first-order chi connectivity index (χ1) is 22.1. The molecule has 0 saturated carbocycles. The third-order valence-corrected chi connectivity index (χ3v) is 6.52. The van der Waals surface area contributed by atoms with Gasteiger partial charge >= 0.3 is 6.09 Å². The number of nitrogens with one attached hydrogen (secondary N) is 3. The van der Waals surface area contributed by atoms with Crippen molar-refractivity contribution < 1.29 is 38.9 Å². The maximum absolute atomic E-state index is 12.6. The summed E-state index contributed by atoms with van der Waals surface area (Å²) in [5, 5.41) is 30.5. The van der Waals surface area contributed by atoms with E-state index >= 15 is 0 Å². The Balaban J connectivity index is 1.72. The maximum atomic E-state index is 12.6. The minimum atomic E-state index is -1.22. The number of hydrogen-bond acceptors (Lipinski definition) is 9. The number of azide groups is 1.